The van der Waals surface area contributed by atoms with Gasteiger partial charge in [0, 0.05) is 19.2 Å². The second kappa shape index (κ2) is 6.04. The van der Waals surface area contributed by atoms with Gasteiger partial charge in [0.1, 0.15) is 17.3 Å². The van der Waals surface area contributed by atoms with Crippen molar-refractivity contribution in [2.45, 2.75) is 39.5 Å². The van der Waals surface area contributed by atoms with Gasteiger partial charge in [-0.15, -0.1) is 0 Å². The molecule has 0 amide bonds. The summed E-state index contributed by atoms with van der Waals surface area (Å²) in [6.45, 7) is 7.41. The standard InChI is InChI=1S/C12H20ClN3/c1-5-6-7-16(4)12-10(9(2)3)11(13)14-8-15-12/h8-9H,5-7H2,1-4H3. The van der Waals surface area contributed by atoms with Crippen molar-refractivity contribution in [2.75, 3.05) is 18.5 Å². The Bertz CT molecular complexity index is 339. The number of aromatic nitrogens is 2. The SMILES string of the molecule is CCCCN(C)c1ncnc(Cl)c1C(C)C. The van der Waals surface area contributed by atoms with E-state index in [2.05, 4.69) is 42.7 Å². The van der Waals surface area contributed by atoms with Gasteiger partial charge in [0.25, 0.3) is 0 Å². The number of hydrogen-bond donors (Lipinski definition) is 0. The minimum Gasteiger partial charge on any atom is -0.359 e. The van der Waals surface area contributed by atoms with Crippen molar-refractivity contribution in [1.82, 2.24) is 9.97 Å². The Labute approximate surface area is 103 Å². The summed E-state index contributed by atoms with van der Waals surface area (Å²) in [5.41, 5.74) is 1.04. The fourth-order valence-corrected chi connectivity index (χ4v) is 2.01. The third kappa shape index (κ3) is 3.08. The summed E-state index contributed by atoms with van der Waals surface area (Å²) in [6.07, 6.45) is 3.88. The topological polar surface area (TPSA) is 29.0 Å². The molecule has 0 saturated carbocycles. The fraction of sp³-hybridized carbons (Fsp3) is 0.667. The van der Waals surface area contributed by atoms with E-state index in [4.69, 9.17) is 11.6 Å². The number of hydrogen-bond acceptors (Lipinski definition) is 3. The molecule has 4 heteroatoms. The molecule has 16 heavy (non-hydrogen) atoms. The predicted molar refractivity (Wildman–Crippen MR) is 69.3 cm³/mol. The highest BCUT2D eigenvalue weighted by atomic mass is 35.5. The van der Waals surface area contributed by atoms with Gasteiger partial charge in [-0.3, -0.25) is 0 Å². The maximum absolute atomic E-state index is 6.12. The Kier molecular flexibility index (Phi) is 5.00. The molecule has 1 aromatic heterocycles. The molecule has 0 aliphatic heterocycles. The van der Waals surface area contributed by atoms with Crippen LogP contribution in [0.15, 0.2) is 6.33 Å². The first-order valence-corrected chi connectivity index (χ1v) is 6.17. The van der Waals surface area contributed by atoms with Crippen LogP contribution in [0.1, 0.15) is 45.1 Å². The molecule has 0 atom stereocenters. The number of anilines is 1. The van der Waals surface area contributed by atoms with Gasteiger partial charge in [0.2, 0.25) is 0 Å². The summed E-state index contributed by atoms with van der Waals surface area (Å²) in [5.74, 6) is 1.30. The van der Waals surface area contributed by atoms with E-state index in [9.17, 15) is 0 Å². The molecule has 1 rings (SSSR count). The zero-order valence-corrected chi connectivity index (χ0v) is 11.3. The van der Waals surface area contributed by atoms with E-state index in [1.54, 1.807) is 0 Å². The Morgan fingerprint density at radius 3 is 2.62 bits per heavy atom. The Balaban J connectivity index is 2.98. The first kappa shape index (κ1) is 13.2. The van der Waals surface area contributed by atoms with Crippen LogP contribution in [0.2, 0.25) is 5.15 Å². The smallest absolute Gasteiger partial charge is 0.138 e. The summed E-state index contributed by atoms with van der Waals surface area (Å²) in [7, 11) is 2.06. The minimum atomic E-state index is 0.341. The zero-order chi connectivity index (χ0) is 12.1. The molecular formula is C12H20ClN3. The third-order valence-corrected chi connectivity index (χ3v) is 2.90. The molecule has 0 bridgehead atoms. The monoisotopic (exact) mass is 241 g/mol. The minimum absolute atomic E-state index is 0.341. The molecule has 0 fully saturated rings. The van der Waals surface area contributed by atoms with Gasteiger partial charge in [-0.1, -0.05) is 38.8 Å². The van der Waals surface area contributed by atoms with Crippen LogP contribution in [0.4, 0.5) is 5.82 Å². The normalized spacial score (nSPS) is 10.9. The second-order valence-electron chi connectivity index (χ2n) is 4.33. The van der Waals surface area contributed by atoms with Crippen LogP contribution in [0.5, 0.6) is 0 Å². The van der Waals surface area contributed by atoms with Crippen molar-refractivity contribution in [3.63, 3.8) is 0 Å². The first-order chi connectivity index (χ1) is 7.57. The van der Waals surface area contributed by atoms with Gasteiger partial charge in [0.05, 0.1) is 0 Å². The second-order valence-corrected chi connectivity index (χ2v) is 4.69. The van der Waals surface area contributed by atoms with Crippen molar-refractivity contribution < 1.29 is 0 Å². The lowest BCUT2D eigenvalue weighted by Crippen LogP contribution is -2.22. The molecule has 0 radical (unpaired) electrons. The van der Waals surface area contributed by atoms with E-state index in [0.29, 0.717) is 11.1 Å². The Morgan fingerprint density at radius 2 is 2.06 bits per heavy atom. The molecule has 0 spiro atoms. The lowest BCUT2D eigenvalue weighted by molar-refractivity contribution is 0.743. The third-order valence-electron chi connectivity index (χ3n) is 2.60. The van der Waals surface area contributed by atoms with Gasteiger partial charge >= 0.3 is 0 Å². The molecule has 0 saturated heterocycles. The lowest BCUT2D eigenvalue weighted by atomic mass is 10.1. The molecule has 0 aliphatic carbocycles. The summed E-state index contributed by atoms with van der Waals surface area (Å²) in [4.78, 5) is 10.6. The van der Waals surface area contributed by atoms with Gasteiger partial charge in [0.15, 0.2) is 0 Å². The number of nitrogens with zero attached hydrogens (tertiary/aromatic N) is 3. The Morgan fingerprint density at radius 1 is 1.38 bits per heavy atom. The Hall–Kier alpha value is -0.830. The summed E-state index contributed by atoms with van der Waals surface area (Å²) in [6, 6.07) is 0. The molecule has 1 aromatic rings. The quantitative estimate of drug-likeness (QED) is 0.739. The maximum atomic E-state index is 6.12. The van der Waals surface area contributed by atoms with Crippen molar-refractivity contribution in [3.8, 4) is 0 Å². The van der Waals surface area contributed by atoms with E-state index >= 15 is 0 Å². The van der Waals surface area contributed by atoms with Crippen molar-refractivity contribution >= 4 is 17.4 Å². The van der Waals surface area contributed by atoms with Crippen LogP contribution in [0.3, 0.4) is 0 Å². The molecule has 1 heterocycles. The van der Waals surface area contributed by atoms with Gasteiger partial charge in [-0.2, -0.15) is 0 Å². The average Bonchev–Trinajstić information content (AvgIpc) is 2.24. The molecule has 90 valence electrons. The van der Waals surface area contributed by atoms with Crippen LogP contribution in [0, 0.1) is 0 Å². The summed E-state index contributed by atoms with van der Waals surface area (Å²) < 4.78 is 0. The summed E-state index contributed by atoms with van der Waals surface area (Å²) >= 11 is 6.12. The highest BCUT2D eigenvalue weighted by Gasteiger charge is 2.16. The van der Waals surface area contributed by atoms with E-state index < -0.39 is 0 Å². The van der Waals surface area contributed by atoms with E-state index in [1.165, 1.54) is 12.7 Å². The fourth-order valence-electron chi connectivity index (χ4n) is 1.67. The number of unbranched alkanes of at least 4 members (excludes halogenated alkanes) is 1. The molecule has 0 aromatic carbocycles. The van der Waals surface area contributed by atoms with Crippen LogP contribution in [0.25, 0.3) is 0 Å². The van der Waals surface area contributed by atoms with Gasteiger partial charge in [-0.05, 0) is 12.3 Å². The largest absolute Gasteiger partial charge is 0.359 e. The van der Waals surface area contributed by atoms with E-state index in [0.717, 1.165) is 24.3 Å². The van der Waals surface area contributed by atoms with Crippen molar-refractivity contribution in [2.24, 2.45) is 0 Å². The molecule has 0 N–H and O–H groups in total. The van der Waals surface area contributed by atoms with Crippen LogP contribution in [-0.2, 0) is 0 Å². The van der Waals surface area contributed by atoms with Gasteiger partial charge in [-0.25, -0.2) is 9.97 Å². The lowest BCUT2D eigenvalue weighted by Gasteiger charge is -2.22. The number of halogens is 1. The summed E-state index contributed by atoms with van der Waals surface area (Å²) in [5, 5.41) is 0.573. The molecule has 0 aliphatic rings. The molecule has 3 nitrogen and oxygen atoms in total. The highest BCUT2D eigenvalue weighted by Crippen LogP contribution is 2.29. The molecular weight excluding hydrogens is 222 g/mol. The van der Waals surface area contributed by atoms with Crippen LogP contribution >= 0.6 is 11.6 Å². The first-order valence-electron chi connectivity index (χ1n) is 5.79. The average molecular weight is 242 g/mol. The van der Waals surface area contributed by atoms with Crippen molar-refractivity contribution in [3.05, 3.63) is 17.0 Å². The molecule has 0 unspecified atom stereocenters. The predicted octanol–water partition coefficient (Wildman–Crippen LogP) is 3.49. The maximum Gasteiger partial charge on any atom is 0.138 e. The van der Waals surface area contributed by atoms with Crippen LogP contribution in [-0.4, -0.2) is 23.6 Å². The van der Waals surface area contributed by atoms with E-state index in [-0.39, 0.29) is 0 Å². The highest BCUT2D eigenvalue weighted by molar-refractivity contribution is 6.30. The van der Waals surface area contributed by atoms with Crippen molar-refractivity contribution in [1.29, 1.82) is 0 Å². The zero-order valence-electron chi connectivity index (χ0n) is 10.5. The number of rotatable bonds is 5. The van der Waals surface area contributed by atoms with E-state index in [1.807, 2.05) is 0 Å². The van der Waals surface area contributed by atoms with Gasteiger partial charge < -0.3 is 4.90 Å². The van der Waals surface area contributed by atoms with Crippen LogP contribution < -0.4 is 4.90 Å².